The Morgan fingerprint density at radius 3 is 2.91 bits per heavy atom. The number of amides is 1. The Kier molecular flexibility index (Phi) is 4.41. The third-order valence-corrected chi connectivity index (χ3v) is 3.05. The quantitative estimate of drug-likeness (QED) is 0.512. The maximum absolute atomic E-state index is 13.4. The van der Waals surface area contributed by atoms with Gasteiger partial charge in [-0.25, -0.2) is 9.38 Å². The summed E-state index contributed by atoms with van der Waals surface area (Å²) >= 11 is 0. The second-order valence-corrected chi connectivity index (χ2v) is 5.12. The lowest BCUT2D eigenvalue weighted by atomic mass is 10.1. The molecule has 0 atom stereocenters. The van der Waals surface area contributed by atoms with E-state index in [1.54, 1.807) is 26.0 Å². The van der Waals surface area contributed by atoms with Crippen LogP contribution in [0.25, 0.3) is 0 Å². The van der Waals surface area contributed by atoms with Crippen LogP contribution in [-0.4, -0.2) is 49.7 Å². The minimum atomic E-state index is -0.485. The largest absolute Gasteiger partial charge is 0.369 e. The SMILES string of the molecule is CN(C)C=N/C(C#N)=C1/CN(C)C(=O)c2cc(F)ccc2N1. The summed E-state index contributed by atoms with van der Waals surface area (Å²) in [5, 5.41) is 12.3. The Morgan fingerprint density at radius 2 is 2.27 bits per heavy atom. The molecule has 0 saturated carbocycles. The smallest absolute Gasteiger partial charge is 0.256 e. The molecule has 1 heterocycles. The maximum Gasteiger partial charge on any atom is 0.256 e. The lowest BCUT2D eigenvalue weighted by Crippen LogP contribution is -2.27. The molecular weight excluding hydrogens is 285 g/mol. The van der Waals surface area contributed by atoms with E-state index in [1.165, 1.54) is 29.4 Å². The first-order valence-electron chi connectivity index (χ1n) is 6.58. The molecule has 1 aromatic rings. The van der Waals surface area contributed by atoms with Crippen molar-refractivity contribution in [1.82, 2.24) is 9.80 Å². The van der Waals surface area contributed by atoms with Crippen LogP contribution >= 0.6 is 0 Å². The zero-order valence-corrected chi connectivity index (χ0v) is 12.6. The van der Waals surface area contributed by atoms with Crippen LogP contribution in [0.3, 0.4) is 0 Å². The second kappa shape index (κ2) is 6.26. The lowest BCUT2D eigenvalue weighted by molar-refractivity contribution is 0.0810. The molecule has 7 heteroatoms. The predicted molar refractivity (Wildman–Crippen MR) is 81.8 cm³/mol. The number of allylic oxidation sites excluding steroid dienone is 1. The Hall–Kier alpha value is -2.88. The summed E-state index contributed by atoms with van der Waals surface area (Å²) in [7, 11) is 5.17. The van der Waals surface area contributed by atoms with Gasteiger partial charge < -0.3 is 15.1 Å². The van der Waals surface area contributed by atoms with Crippen molar-refractivity contribution >= 4 is 17.9 Å². The zero-order valence-electron chi connectivity index (χ0n) is 12.6. The van der Waals surface area contributed by atoms with Crippen LogP contribution in [0.15, 0.2) is 34.6 Å². The third-order valence-electron chi connectivity index (χ3n) is 3.05. The van der Waals surface area contributed by atoms with E-state index in [2.05, 4.69) is 10.3 Å². The zero-order chi connectivity index (χ0) is 16.3. The summed E-state index contributed by atoms with van der Waals surface area (Å²) in [6.07, 6.45) is 1.51. The van der Waals surface area contributed by atoms with Crippen molar-refractivity contribution in [3.05, 3.63) is 41.0 Å². The van der Waals surface area contributed by atoms with Gasteiger partial charge in [0.1, 0.15) is 11.9 Å². The van der Waals surface area contributed by atoms with Crippen molar-refractivity contribution < 1.29 is 9.18 Å². The summed E-state index contributed by atoms with van der Waals surface area (Å²) in [5.41, 5.74) is 1.34. The molecule has 1 aromatic carbocycles. The van der Waals surface area contributed by atoms with Crippen LogP contribution < -0.4 is 5.32 Å². The van der Waals surface area contributed by atoms with Crippen molar-refractivity contribution in [2.75, 3.05) is 33.0 Å². The number of nitrogens with zero attached hydrogens (tertiary/aromatic N) is 4. The molecule has 114 valence electrons. The summed E-state index contributed by atoms with van der Waals surface area (Å²) in [5.74, 6) is -0.799. The monoisotopic (exact) mass is 301 g/mol. The maximum atomic E-state index is 13.4. The summed E-state index contributed by atoms with van der Waals surface area (Å²) < 4.78 is 13.4. The standard InChI is InChI=1S/C15H16FN5O/c1-20(2)9-18-13(7-17)14-8-21(3)15(22)11-6-10(16)4-5-12(11)19-14/h4-6,9,19H,8H2,1-3H3/b14-13-,18-9?. The first-order valence-corrected chi connectivity index (χ1v) is 6.58. The number of rotatable bonds is 2. The Balaban J connectivity index is 2.51. The molecule has 1 amide bonds. The van der Waals surface area contributed by atoms with Crippen molar-refractivity contribution in [1.29, 1.82) is 5.26 Å². The van der Waals surface area contributed by atoms with E-state index >= 15 is 0 Å². The van der Waals surface area contributed by atoms with Gasteiger partial charge >= 0.3 is 0 Å². The number of halogens is 1. The number of likely N-dealkylation sites (N-methyl/N-ethyl adjacent to an activating group) is 1. The molecule has 0 aromatic heterocycles. The fourth-order valence-corrected chi connectivity index (χ4v) is 2.00. The normalized spacial score (nSPS) is 16.7. The number of anilines is 1. The highest BCUT2D eigenvalue weighted by Crippen LogP contribution is 2.25. The molecule has 0 fully saturated rings. The number of nitriles is 1. The minimum absolute atomic E-state index is 0.172. The summed E-state index contributed by atoms with van der Waals surface area (Å²) in [4.78, 5) is 19.5. The highest BCUT2D eigenvalue weighted by molar-refractivity contribution is 6.00. The topological polar surface area (TPSA) is 71.7 Å². The minimum Gasteiger partial charge on any atom is -0.369 e. The van der Waals surface area contributed by atoms with E-state index in [9.17, 15) is 14.4 Å². The number of benzene rings is 1. The summed E-state index contributed by atoms with van der Waals surface area (Å²) in [6.45, 7) is 0.183. The molecule has 0 saturated heterocycles. The molecule has 0 bridgehead atoms. The van der Waals surface area contributed by atoms with E-state index in [0.717, 1.165) is 0 Å². The molecule has 2 rings (SSSR count). The van der Waals surface area contributed by atoms with Crippen LogP contribution in [0.4, 0.5) is 10.1 Å². The number of carbonyl (C=O) groups excluding carboxylic acids is 1. The molecule has 0 radical (unpaired) electrons. The van der Waals surface area contributed by atoms with Gasteiger partial charge in [0.25, 0.3) is 5.91 Å². The first-order chi connectivity index (χ1) is 10.4. The summed E-state index contributed by atoms with van der Waals surface area (Å²) in [6, 6.07) is 5.93. The lowest BCUT2D eigenvalue weighted by Gasteiger charge is -2.15. The van der Waals surface area contributed by atoms with Gasteiger partial charge in [0, 0.05) is 21.1 Å². The number of nitrogens with one attached hydrogen (secondary N) is 1. The number of carbonyl (C=O) groups is 1. The molecule has 0 aliphatic carbocycles. The van der Waals surface area contributed by atoms with Gasteiger partial charge in [-0.3, -0.25) is 4.79 Å². The van der Waals surface area contributed by atoms with Crippen LogP contribution in [0, 0.1) is 17.1 Å². The first kappa shape index (κ1) is 15.5. The van der Waals surface area contributed by atoms with E-state index in [1.807, 2.05) is 6.07 Å². The van der Waals surface area contributed by atoms with Crippen LogP contribution in [0.1, 0.15) is 10.4 Å². The van der Waals surface area contributed by atoms with Gasteiger partial charge in [0.2, 0.25) is 0 Å². The Morgan fingerprint density at radius 1 is 1.55 bits per heavy atom. The van der Waals surface area contributed by atoms with E-state index < -0.39 is 5.82 Å². The van der Waals surface area contributed by atoms with Gasteiger partial charge in [-0.1, -0.05) is 0 Å². The molecule has 0 spiro atoms. The van der Waals surface area contributed by atoms with Crippen molar-refractivity contribution in [3.8, 4) is 6.07 Å². The average Bonchev–Trinajstić information content (AvgIpc) is 2.58. The predicted octanol–water partition coefficient (Wildman–Crippen LogP) is 1.65. The van der Waals surface area contributed by atoms with E-state index in [4.69, 9.17) is 0 Å². The van der Waals surface area contributed by atoms with Gasteiger partial charge in [0.15, 0.2) is 5.70 Å². The molecular formula is C15H16FN5O. The van der Waals surface area contributed by atoms with E-state index in [-0.39, 0.29) is 23.7 Å². The number of hydrogen-bond donors (Lipinski definition) is 1. The van der Waals surface area contributed by atoms with Crippen molar-refractivity contribution in [2.45, 2.75) is 0 Å². The number of fused-ring (bicyclic) bond motifs is 1. The van der Waals surface area contributed by atoms with Crippen LogP contribution in [0.5, 0.6) is 0 Å². The number of aliphatic imine (C=N–C) groups is 1. The van der Waals surface area contributed by atoms with Crippen LogP contribution in [0.2, 0.25) is 0 Å². The average molecular weight is 301 g/mol. The molecule has 6 nitrogen and oxygen atoms in total. The molecule has 22 heavy (non-hydrogen) atoms. The van der Waals surface area contributed by atoms with Gasteiger partial charge in [-0.2, -0.15) is 5.26 Å². The Bertz CT molecular complexity index is 702. The van der Waals surface area contributed by atoms with Crippen molar-refractivity contribution in [2.24, 2.45) is 4.99 Å². The van der Waals surface area contributed by atoms with Crippen molar-refractivity contribution in [3.63, 3.8) is 0 Å². The van der Waals surface area contributed by atoms with Gasteiger partial charge in [0.05, 0.1) is 29.8 Å². The fourth-order valence-electron chi connectivity index (χ4n) is 2.00. The van der Waals surface area contributed by atoms with Gasteiger partial charge in [-0.15, -0.1) is 0 Å². The van der Waals surface area contributed by atoms with E-state index in [0.29, 0.717) is 11.4 Å². The third kappa shape index (κ3) is 3.23. The Labute approximate surface area is 128 Å². The number of hydrogen-bond acceptors (Lipinski definition) is 4. The second-order valence-electron chi connectivity index (χ2n) is 5.12. The highest BCUT2D eigenvalue weighted by Gasteiger charge is 2.24. The fraction of sp³-hybridized carbons (Fsp3) is 0.267. The molecule has 1 aliphatic rings. The highest BCUT2D eigenvalue weighted by atomic mass is 19.1. The van der Waals surface area contributed by atoms with Crippen LogP contribution in [-0.2, 0) is 0 Å². The van der Waals surface area contributed by atoms with Gasteiger partial charge in [-0.05, 0) is 18.2 Å². The molecule has 1 aliphatic heterocycles. The molecule has 0 unspecified atom stereocenters. The molecule has 1 N–H and O–H groups in total.